The number of tetrazole rings is 1. The lowest BCUT2D eigenvalue weighted by Crippen LogP contribution is -1.99. The van der Waals surface area contributed by atoms with Gasteiger partial charge in [0.2, 0.25) is 11.5 Å². The van der Waals surface area contributed by atoms with Crippen LogP contribution in [0.15, 0.2) is 30.6 Å². The predicted octanol–water partition coefficient (Wildman–Crippen LogP) is 1.42. The molecule has 7 nitrogen and oxygen atoms in total. The molecule has 0 aliphatic heterocycles. The molecule has 2 N–H and O–H groups in total. The Balaban J connectivity index is 1.99. The molecular formula is C11H9ClN6O. The number of hydrogen-bond donors (Lipinski definition) is 1. The average molecular weight is 277 g/mol. The van der Waals surface area contributed by atoms with Crippen LogP contribution in [-0.2, 0) is 6.54 Å². The van der Waals surface area contributed by atoms with E-state index in [9.17, 15) is 0 Å². The van der Waals surface area contributed by atoms with E-state index in [2.05, 4.69) is 20.5 Å². The molecule has 0 fully saturated rings. The maximum atomic E-state index is 6.12. The maximum Gasteiger partial charge on any atom is 0.242 e. The van der Waals surface area contributed by atoms with Crippen molar-refractivity contribution in [2.24, 2.45) is 5.73 Å². The number of nitrogens with two attached hydrogens (primary N) is 1. The summed E-state index contributed by atoms with van der Waals surface area (Å²) in [4.78, 5) is 3.99. The molecule has 0 saturated carbocycles. The lowest BCUT2D eigenvalue weighted by molar-refractivity contribution is 0.442. The first-order valence-corrected chi connectivity index (χ1v) is 5.84. The van der Waals surface area contributed by atoms with Crippen molar-refractivity contribution in [3.8, 4) is 11.6 Å². The number of fused-ring (bicyclic) bond motifs is 1. The Bertz CT molecular complexity index is 728. The monoisotopic (exact) mass is 276 g/mol. The Kier molecular flexibility index (Phi) is 2.98. The Morgan fingerprint density at radius 1 is 1.32 bits per heavy atom. The van der Waals surface area contributed by atoms with E-state index in [0.29, 0.717) is 28.8 Å². The SMILES string of the molecule is NCc1ccc(Oc2cncc3nnnn23)c(Cl)c1. The third-order valence-corrected chi connectivity index (χ3v) is 2.82. The van der Waals surface area contributed by atoms with Crippen molar-refractivity contribution >= 4 is 17.2 Å². The van der Waals surface area contributed by atoms with Gasteiger partial charge < -0.3 is 10.5 Å². The highest BCUT2D eigenvalue weighted by Gasteiger charge is 2.09. The van der Waals surface area contributed by atoms with Gasteiger partial charge in [-0.1, -0.05) is 17.7 Å². The highest BCUT2D eigenvalue weighted by molar-refractivity contribution is 6.32. The molecule has 0 radical (unpaired) electrons. The zero-order valence-corrected chi connectivity index (χ0v) is 10.4. The summed E-state index contributed by atoms with van der Waals surface area (Å²) in [6.07, 6.45) is 3.04. The maximum absolute atomic E-state index is 6.12. The van der Waals surface area contributed by atoms with Gasteiger partial charge in [0.05, 0.1) is 17.4 Å². The molecule has 8 heteroatoms. The number of rotatable bonds is 3. The standard InChI is InChI=1S/C11H9ClN6O/c12-8-3-7(4-13)1-2-9(8)19-11-6-14-5-10-15-16-17-18(10)11/h1-3,5-6H,4,13H2. The molecule has 1 aromatic carbocycles. The molecule has 0 aliphatic rings. The van der Waals surface area contributed by atoms with E-state index >= 15 is 0 Å². The van der Waals surface area contributed by atoms with Crippen LogP contribution in [0.5, 0.6) is 11.6 Å². The van der Waals surface area contributed by atoms with Crippen molar-refractivity contribution in [1.82, 2.24) is 25.0 Å². The highest BCUT2D eigenvalue weighted by Crippen LogP contribution is 2.29. The first-order chi connectivity index (χ1) is 9.28. The summed E-state index contributed by atoms with van der Waals surface area (Å²) in [6.45, 7) is 0.421. The van der Waals surface area contributed by atoms with Crippen molar-refractivity contribution in [3.05, 3.63) is 41.2 Å². The summed E-state index contributed by atoms with van der Waals surface area (Å²) >= 11 is 6.12. The van der Waals surface area contributed by atoms with Crippen LogP contribution in [0.2, 0.25) is 5.02 Å². The minimum absolute atomic E-state index is 0.380. The van der Waals surface area contributed by atoms with Crippen LogP contribution in [0.4, 0.5) is 0 Å². The molecule has 19 heavy (non-hydrogen) atoms. The van der Waals surface area contributed by atoms with Crippen molar-refractivity contribution in [2.75, 3.05) is 0 Å². The van der Waals surface area contributed by atoms with Gasteiger partial charge in [0, 0.05) is 6.54 Å². The predicted molar refractivity (Wildman–Crippen MR) is 68.0 cm³/mol. The van der Waals surface area contributed by atoms with Crippen LogP contribution in [0, 0.1) is 0 Å². The number of nitrogens with zero attached hydrogens (tertiary/aromatic N) is 5. The molecule has 0 spiro atoms. The molecule has 0 bridgehead atoms. The largest absolute Gasteiger partial charge is 0.436 e. The Hall–Kier alpha value is -2.25. The van der Waals surface area contributed by atoms with Gasteiger partial charge in [0.1, 0.15) is 5.75 Å². The fraction of sp³-hybridized carbons (Fsp3) is 0.0909. The fourth-order valence-corrected chi connectivity index (χ4v) is 1.83. The lowest BCUT2D eigenvalue weighted by atomic mass is 10.2. The van der Waals surface area contributed by atoms with Gasteiger partial charge in [-0.2, -0.15) is 4.52 Å². The van der Waals surface area contributed by atoms with Crippen LogP contribution < -0.4 is 10.5 Å². The van der Waals surface area contributed by atoms with Crippen molar-refractivity contribution in [2.45, 2.75) is 6.54 Å². The van der Waals surface area contributed by atoms with E-state index < -0.39 is 0 Å². The number of hydrogen-bond acceptors (Lipinski definition) is 6. The van der Waals surface area contributed by atoms with Crippen LogP contribution in [0.3, 0.4) is 0 Å². The summed E-state index contributed by atoms with van der Waals surface area (Å²) < 4.78 is 7.10. The van der Waals surface area contributed by atoms with Gasteiger partial charge in [-0.05, 0) is 28.1 Å². The average Bonchev–Trinajstić information content (AvgIpc) is 2.90. The van der Waals surface area contributed by atoms with E-state index in [1.54, 1.807) is 12.1 Å². The molecule has 0 amide bonds. The third-order valence-electron chi connectivity index (χ3n) is 2.52. The normalized spacial score (nSPS) is 10.8. The van der Waals surface area contributed by atoms with Gasteiger partial charge in [0.15, 0.2) is 0 Å². The summed E-state index contributed by atoms with van der Waals surface area (Å²) in [5.74, 6) is 0.869. The van der Waals surface area contributed by atoms with E-state index in [4.69, 9.17) is 22.1 Å². The Labute approximate surface area is 113 Å². The van der Waals surface area contributed by atoms with Gasteiger partial charge in [-0.3, -0.25) is 4.98 Å². The minimum Gasteiger partial charge on any atom is -0.436 e. The Morgan fingerprint density at radius 2 is 2.21 bits per heavy atom. The van der Waals surface area contributed by atoms with Gasteiger partial charge >= 0.3 is 0 Å². The van der Waals surface area contributed by atoms with Crippen molar-refractivity contribution < 1.29 is 4.74 Å². The van der Waals surface area contributed by atoms with Crippen LogP contribution in [0.25, 0.3) is 5.65 Å². The third kappa shape index (κ3) is 2.20. The van der Waals surface area contributed by atoms with Crippen LogP contribution in [-0.4, -0.2) is 25.0 Å². The fourth-order valence-electron chi connectivity index (χ4n) is 1.59. The second kappa shape index (κ2) is 4.79. The van der Waals surface area contributed by atoms with Gasteiger partial charge in [-0.15, -0.1) is 5.10 Å². The van der Waals surface area contributed by atoms with Crippen LogP contribution in [0.1, 0.15) is 5.56 Å². The minimum atomic E-state index is 0.380. The van der Waals surface area contributed by atoms with Gasteiger partial charge in [0.25, 0.3) is 0 Å². The number of aromatic nitrogens is 5. The molecular weight excluding hydrogens is 268 g/mol. The summed E-state index contributed by atoms with van der Waals surface area (Å²) in [7, 11) is 0. The number of halogens is 1. The molecule has 0 unspecified atom stereocenters. The first kappa shape index (κ1) is 11.8. The summed E-state index contributed by atoms with van der Waals surface area (Å²) in [5, 5.41) is 11.6. The van der Waals surface area contributed by atoms with E-state index in [0.717, 1.165) is 5.56 Å². The highest BCUT2D eigenvalue weighted by atomic mass is 35.5. The Morgan fingerprint density at radius 3 is 3.00 bits per heavy atom. The molecule has 96 valence electrons. The summed E-state index contributed by atoms with van der Waals surface area (Å²) in [6, 6.07) is 5.34. The van der Waals surface area contributed by atoms with Gasteiger partial charge in [-0.25, -0.2) is 0 Å². The second-order valence-electron chi connectivity index (χ2n) is 3.77. The zero-order valence-electron chi connectivity index (χ0n) is 9.69. The molecule has 0 saturated heterocycles. The molecule has 2 heterocycles. The molecule has 3 aromatic rings. The lowest BCUT2D eigenvalue weighted by Gasteiger charge is -2.08. The first-order valence-electron chi connectivity index (χ1n) is 5.46. The molecule has 3 rings (SSSR count). The smallest absolute Gasteiger partial charge is 0.242 e. The summed E-state index contributed by atoms with van der Waals surface area (Å²) in [5.41, 5.74) is 6.96. The van der Waals surface area contributed by atoms with Crippen molar-refractivity contribution in [1.29, 1.82) is 0 Å². The van der Waals surface area contributed by atoms with E-state index in [1.165, 1.54) is 16.9 Å². The number of benzene rings is 1. The van der Waals surface area contributed by atoms with E-state index in [-0.39, 0.29) is 0 Å². The quantitative estimate of drug-likeness (QED) is 0.778. The molecule has 0 atom stereocenters. The topological polar surface area (TPSA) is 91.2 Å². The van der Waals surface area contributed by atoms with Crippen LogP contribution >= 0.6 is 11.6 Å². The van der Waals surface area contributed by atoms with Crippen molar-refractivity contribution in [3.63, 3.8) is 0 Å². The molecule has 0 aliphatic carbocycles. The molecule has 2 aromatic heterocycles. The van der Waals surface area contributed by atoms with E-state index in [1.807, 2.05) is 6.07 Å². The number of ether oxygens (including phenoxy) is 1. The second-order valence-corrected chi connectivity index (χ2v) is 4.17. The zero-order chi connectivity index (χ0) is 13.2.